The average molecular weight is 524 g/mol. The molecule has 0 atom stereocenters. The minimum Gasteiger partial charge on any atom is -0.182 e. The van der Waals surface area contributed by atoms with Crippen LogP contribution in [0.1, 0.15) is 11.8 Å². The summed E-state index contributed by atoms with van der Waals surface area (Å²) in [5.41, 5.74) is 4.46. The summed E-state index contributed by atoms with van der Waals surface area (Å²) >= 11 is 8.78. The van der Waals surface area contributed by atoms with Gasteiger partial charge in [0.15, 0.2) is 5.82 Å². The van der Waals surface area contributed by atoms with E-state index in [1.165, 1.54) is 19.8 Å². The molecule has 0 saturated carbocycles. The van der Waals surface area contributed by atoms with Crippen molar-refractivity contribution < 1.29 is 0 Å². The van der Waals surface area contributed by atoms with E-state index >= 15 is 0 Å². The summed E-state index contributed by atoms with van der Waals surface area (Å²) in [4.78, 5) is 2.22. The lowest BCUT2D eigenvalue weighted by molar-refractivity contribution is 0.972. The highest BCUT2D eigenvalue weighted by Crippen LogP contribution is 2.41. The van der Waals surface area contributed by atoms with Gasteiger partial charge in [-0.25, -0.2) is 0 Å². The van der Waals surface area contributed by atoms with Crippen LogP contribution in [0.25, 0.3) is 47.4 Å². The molecule has 0 fully saturated rings. The van der Waals surface area contributed by atoms with Crippen molar-refractivity contribution in [2.75, 3.05) is 0 Å². The molecule has 0 amide bonds. The Bertz CT molecular complexity index is 1540. The van der Waals surface area contributed by atoms with E-state index in [0.717, 1.165) is 43.4 Å². The molecule has 0 N–H and O–H groups in total. The zero-order valence-corrected chi connectivity index (χ0v) is 20.4. The molecule has 4 heterocycles. The van der Waals surface area contributed by atoms with Gasteiger partial charge in [-0.3, -0.25) is 0 Å². The molecule has 4 aromatic heterocycles. The third kappa shape index (κ3) is 3.25. The molecule has 6 rings (SSSR count). The maximum atomic E-state index is 4.94. The lowest BCUT2D eigenvalue weighted by Gasteiger charge is -2.07. The maximum Gasteiger partial charge on any atom is 0.235 e. The van der Waals surface area contributed by atoms with Gasteiger partial charge in [0.1, 0.15) is 5.01 Å². The topological polar surface area (TPSA) is 43.1 Å². The SMILES string of the molecule is CCc1cc2c(-c3nn4c(-c5ccccc5-c5ccc(Br)cc5)nnc4s3)csc2s1. The monoisotopic (exact) mass is 522 g/mol. The largest absolute Gasteiger partial charge is 0.235 e. The summed E-state index contributed by atoms with van der Waals surface area (Å²) in [6, 6.07) is 18.9. The number of halogens is 1. The fraction of sp³-hybridized carbons (Fsp3) is 0.0870. The predicted octanol–water partition coefficient (Wildman–Crippen LogP) is 7.79. The first-order chi connectivity index (χ1) is 15.2. The van der Waals surface area contributed by atoms with Crippen LogP contribution in [0.3, 0.4) is 0 Å². The van der Waals surface area contributed by atoms with Gasteiger partial charge in [-0.05, 0) is 35.7 Å². The second kappa shape index (κ2) is 7.63. The first-order valence-electron chi connectivity index (χ1n) is 9.79. The number of rotatable bonds is 4. The summed E-state index contributed by atoms with van der Waals surface area (Å²) in [6.07, 6.45) is 1.06. The number of fused-ring (bicyclic) bond motifs is 2. The molecule has 0 radical (unpaired) electrons. The van der Waals surface area contributed by atoms with Gasteiger partial charge < -0.3 is 0 Å². The van der Waals surface area contributed by atoms with Crippen LogP contribution in [0, 0.1) is 0 Å². The van der Waals surface area contributed by atoms with E-state index in [9.17, 15) is 0 Å². The van der Waals surface area contributed by atoms with Gasteiger partial charge in [0, 0.05) is 31.2 Å². The highest BCUT2D eigenvalue weighted by Gasteiger charge is 2.19. The molecule has 0 unspecified atom stereocenters. The minimum atomic E-state index is 0.766. The lowest BCUT2D eigenvalue weighted by atomic mass is 9.99. The van der Waals surface area contributed by atoms with E-state index in [4.69, 9.17) is 5.10 Å². The molecule has 6 aromatic rings. The molecular formula is C23H15BrN4S3. The van der Waals surface area contributed by atoms with Crippen molar-refractivity contribution in [1.29, 1.82) is 0 Å². The van der Waals surface area contributed by atoms with Crippen molar-refractivity contribution in [3.8, 4) is 33.1 Å². The lowest BCUT2D eigenvalue weighted by Crippen LogP contribution is -1.93. The molecule has 0 spiro atoms. The van der Waals surface area contributed by atoms with Gasteiger partial charge in [-0.2, -0.15) is 9.61 Å². The zero-order valence-electron chi connectivity index (χ0n) is 16.4. The Morgan fingerprint density at radius 1 is 0.935 bits per heavy atom. The molecule has 0 saturated heterocycles. The predicted molar refractivity (Wildman–Crippen MR) is 135 cm³/mol. The normalized spacial score (nSPS) is 11.7. The van der Waals surface area contributed by atoms with Crippen LogP contribution < -0.4 is 0 Å². The summed E-state index contributed by atoms with van der Waals surface area (Å²) in [5.74, 6) is 0.766. The van der Waals surface area contributed by atoms with E-state index in [0.29, 0.717) is 0 Å². The van der Waals surface area contributed by atoms with Gasteiger partial charge in [-0.15, -0.1) is 32.9 Å². The Balaban J connectivity index is 1.49. The minimum absolute atomic E-state index is 0.766. The van der Waals surface area contributed by atoms with Gasteiger partial charge in [0.05, 0.1) is 4.01 Å². The second-order valence-corrected chi connectivity index (χ2v) is 11.2. The van der Waals surface area contributed by atoms with E-state index < -0.39 is 0 Å². The van der Waals surface area contributed by atoms with E-state index in [1.807, 2.05) is 21.9 Å². The van der Waals surface area contributed by atoms with Crippen LogP contribution in [0.5, 0.6) is 0 Å². The molecule has 152 valence electrons. The molecule has 4 nitrogen and oxygen atoms in total. The zero-order chi connectivity index (χ0) is 20.9. The second-order valence-electron chi connectivity index (χ2n) is 7.09. The number of aryl methyl sites for hydroxylation is 1. The van der Waals surface area contributed by atoms with Crippen molar-refractivity contribution in [3.05, 3.63) is 69.3 Å². The highest BCUT2D eigenvalue weighted by molar-refractivity contribution is 9.10. The van der Waals surface area contributed by atoms with Crippen molar-refractivity contribution in [1.82, 2.24) is 19.8 Å². The Morgan fingerprint density at radius 3 is 2.55 bits per heavy atom. The number of aromatic nitrogens is 4. The Kier molecular flexibility index (Phi) is 4.75. The van der Waals surface area contributed by atoms with Gasteiger partial charge in [-0.1, -0.05) is 70.6 Å². The summed E-state index contributed by atoms with van der Waals surface area (Å²) < 4.78 is 4.30. The maximum absolute atomic E-state index is 4.94. The molecule has 8 heteroatoms. The van der Waals surface area contributed by atoms with Crippen LogP contribution in [-0.2, 0) is 6.42 Å². The number of hydrogen-bond donors (Lipinski definition) is 0. The molecule has 0 bridgehead atoms. The number of thiophene rings is 2. The van der Waals surface area contributed by atoms with Gasteiger partial charge in [0.2, 0.25) is 4.96 Å². The fourth-order valence-electron chi connectivity index (χ4n) is 3.67. The molecule has 31 heavy (non-hydrogen) atoms. The third-order valence-corrected chi connectivity index (χ3v) is 9.08. The Morgan fingerprint density at radius 2 is 1.74 bits per heavy atom. The van der Waals surface area contributed by atoms with E-state index in [1.54, 1.807) is 22.7 Å². The first kappa shape index (κ1) is 19.3. The smallest absolute Gasteiger partial charge is 0.182 e. The quantitative estimate of drug-likeness (QED) is 0.237. The molecule has 0 aliphatic rings. The fourth-order valence-corrected chi connectivity index (χ4v) is 7.13. The third-order valence-electron chi connectivity index (χ3n) is 5.22. The molecule has 0 aliphatic carbocycles. The van der Waals surface area contributed by atoms with Crippen molar-refractivity contribution in [2.24, 2.45) is 0 Å². The van der Waals surface area contributed by atoms with Crippen LogP contribution in [0.15, 0.2) is 64.5 Å². The summed E-state index contributed by atoms with van der Waals surface area (Å²) in [6.45, 7) is 2.20. The van der Waals surface area contributed by atoms with Crippen LogP contribution in [0.2, 0.25) is 0 Å². The summed E-state index contributed by atoms with van der Waals surface area (Å²) in [7, 11) is 0. The number of nitrogens with zero attached hydrogens (tertiary/aromatic N) is 4. The Hall–Kier alpha value is -2.39. The van der Waals surface area contributed by atoms with Crippen LogP contribution in [-0.4, -0.2) is 19.8 Å². The molecule has 2 aromatic carbocycles. The van der Waals surface area contributed by atoms with Crippen LogP contribution in [0.4, 0.5) is 0 Å². The standard InChI is InChI=1S/C23H15BrN4S3/c1-2-15-11-18-19(12-29-22(18)30-15)21-27-28-20(25-26-23(28)31-21)17-6-4-3-5-16(17)13-7-9-14(24)10-8-13/h3-12H,2H2,1H3. The van der Waals surface area contributed by atoms with Crippen LogP contribution >= 0.6 is 49.9 Å². The van der Waals surface area contributed by atoms with Gasteiger partial charge in [0.25, 0.3) is 0 Å². The average Bonchev–Trinajstić information content (AvgIpc) is 3.54. The first-order valence-corrected chi connectivity index (χ1v) is 13.1. The number of benzene rings is 2. The molecular weight excluding hydrogens is 508 g/mol. The highest BCUT2D eigenvalue weighted by atomic mass is 79.9. The van der Waals surface area contributed by atoms with E-state index in [-0.39, 0.29) is 0 Å². The summed E-state index contributed by atoms with van der Waals surface area (Å²) in [5, 5.41) is 18.4. The van der Waals surface area contributed by atoms with Crippen molar-refractivity contribution in [3.63, 3.8) is 0 Å². The molecule has 0 aliphatic heterocycles. The van der Waals surface area contributed by atoms with Crippen molar-refractivity contribution in [2.45, 2.75) is 13.3 Å². The van der Waals surface area contributed by atoms with Gasteiger partial charge >= 0.3 is 0 Å². The number of hydrogen-bond acceptors (Lipinski definition) is 6. The Labute approximate surface area is 199 Å². The van der Waals surface area contributed by atoms with Crippen molar-refractivity contribution >= 4 is 64.3 Å². The van der Waals surface area contributed by atoms with E-state index in [2.05, 4.69) is 87.0 Å².